The van der Waals surface area contributed by atoms with Crippen LogP contribution in [0, 0.1) is 0 Å². The Morgan fingerprint density at radius 1 is 1.43 bits per heavy atom. The van der Waals surface area contributed by atoms with Gasteiger partial charge in [0.2, 0.25) is 0 Å². The number of carbonyl (C=O) groups excluding carboxylic acids is 1. The molecular formula is C17H22ClNO4. The molecular weight excluding hydrogens is 318 g/mol. The van der Waals surface area contributed by atoms with E-state index in [1.165, 1.54) is 0 Å². The Kier molecular flexibility index (Phi) is 4.80. The molecule has 1 atom stereocenters. The number of halogens is 1. The van der Waals surface area contributed by atoms with Gasteiger partial charge in [0.1, 0.15) is 5.75 Å². The van der Waals surface area contributed by atoms with Gasteiger partial charge in [0.25, 0.3) is 5.91 Å². The second-order valence-corrected chi connectivity index (χ2v) is 6.62. The molecule has 2 heterocycles. The number of amides is 1. The highest BCUT2D eigenvalue weighted by Crippen LogP contribution is 2.35. The Bertz CT molecular complexity index is 584. The molecule has 2 fully saturated rings. The molecule has 1 aromatic carbocycles. The molecule has 126 valence electrons. The number of methoxy groups -OCH3 is 1. The normalized spacial score (nSPS) is 23.8. The Labute approximate surface area is 141 Å². The summed E-state index contributed by atoms with van der Waals surface area (Å²) in [4.78, 5) is 14.4. The second-order valence-electron chi connectivity index (χ2n) is 6.21. The third-order valence-electron chi connectivity index (χ3n) is 4.91. The number of piperidine rings is 1. The number of carbonyl (C=O) groups is 1. The van der Waals surface area contributed by atoms with Gasteiger partial charge < -0.3 is 19.5 Å². The molecule has 0 aromatic heterocycles. The highest BCUT2D eigenvalue weighted by Gasteiger charge is 2.44. The van der Waals surface area contributed by atoms with Crippen molar-refractivity contribution in [2.24, 2.45) is 0 Å². The monoisotopic (exact) mass is 339 g/mol. The van der Waals surface area contributed by atoms with E-state index in [9.17, 15) is 9.90 Å². The molecule has 5 nitrogen and oxygen atoms in total. The Morgan fingerprint density at radius 2 is 2.17 bits per heavy atom. The van der Waals surface area contributed by atoms with Gasteiger partial charge in [-0.05, 0) is 43.9 Å². The number of rotatable bonds is 2. The molecule has 0 unspecified atom stereocenters. The van der Waals surface area contributed by atoms with Gasteiger partial charge in [0.15, 0.2) is 0 Å². The summed E-state index contributed by atoms with van der Waals surface area (Å²) in [5.41, 5.74) is 0.0870. The molecule has 2 aliphatic rings. The van der Waals surface area contributed by atoms with Crippen molar-refractivity contribution in [1.82, 2.24) is 4.90 Å². The van der Waals surface area contributed by atoms with E-state index < -0.39 is 11.7 Å². The first-order valence-electron chi connectivity index (χ1n) is 8.00. The van der Waals surface area contributed by atoms with Crippen molar-refractivity contribution in [3.05, 3.63) is 28.8 Å². The van der Waals surface area contributed by atoms with Crippen LogP contribution in [0.2, 0.25) is 5.02 Å². The largest absolute Gasteiger partial charge is 0.495 e. The van der Waals surface area contributed by atoms with Crippen molar-refractivity contribution in [2.75, 3.05) is 26.8 Å². The van der Waals surface area contributed by atoms with E-state index in [0.717, 1.165) is 12.8 Å². The summed E-state index contributed by atoms with van der Waals surface area (Å²) in [5.74, 6) is 0.509. The molecule has 0 bridgehead atoms. The van der Waals surface area contributed by atoms with Crippen LogP contribution in [0.3, 0.4) is 0 Å². The number of nitrogens with zero attached hydrogens (tertiary/aromatic N) is 1. The van der Waals surface area contributed by atoms with Gasteiger partial charge in [0.05, 0.1) is 23.8 Å². The summed E-state index contributed by atoms with van der Waals surface area (Å²) < 4.78 is 11.0. The minimum absolute atomic E-state index is 0.0466. The molecule has 0 saturated carbocycles. The zero-order valence-electron chi connectivity index (χ0n) is 13.3. The second kappa shape index (κ2) is 6.67. The Morgan fingerprint density at radius 3 is 2.78 bits per heavy atom. The molecule has 0 aliphatic carbocycles. The van der Waals surface area contributed by atoms with Crippen molar-refractivity contribution in [2.45, 2.75) is 37.4 Å². The fourth-order valence-electron chi connectivity index (χ4n) is 3.46. The molecule has 1 aromatic rings. The van der Waals surface area contributed by atoms with Crippen LogP contribution in [-0.2, 0) is 4.74 Å². The number of aliphatic hydroxyl groups excluding tert-OH is 1. The predicted octanol–water partition coefficient (Wildman–Crippen LogP) is 2.49. The Balaban J connectivity index is 1.67. The van der Waals surface area contributed by atoms with Crippen molar-refractivity contribution in [3.8, 4) is 5.75 Å². The van der Waals surface area contributed by atoms with Crippen LogP contribution in [0.1, 0.15) is 36.0 Å². The minimum Gasteiger partial charge on any atom is -0.495 e. The van der Waals surface area contributed by atoms with Gasteiger partial charge in [-0.15, -0.1) is 0 Å². The van der Waals surface area contributed by atoms with Crippen LogP contribution in [-0.4, -0.2) is 54.4 Å². The van der Waals surface area contributed by atoms with Crippen LogP contribution in [0.25, 0.3) is 0 Å². The summed E-state index contributed by atoms with van der Waals surface area (Å²) >= 11 is 6.10. The molecule has 2 aliphatic heterocycles. The molecule has 1 amide bonds. The SMILES string of the molecule is COc1ccc(C(=O)N2CCC3(CC2)OCCC[C@@H]3O)cc1Cl. The lowest BCUT2D eigenvalue weighted by molar-refractivity contribution is -0.174. The van der Waals surface area contributed by atoms with Crippen molar-refractivity contribution >= 4 is 17.5 Å². The predicted molar refractivity (Wildman–Crippen MR) is 87.1 cm³/mol. The van der Waals surface area contributed by atoms with Crippen LogP contribution in [0.4, 0.5) is 0 Å². The van der Waals surface area contributed by atoms with Gasteiger partial charge in [-0.1, -0.05) is 11.6 Å². The number of benzene rings is 1. The molecule has 0 radical (unpaired) electrons. The molecule has 1 N–H and O–H groups in total. The van der Waals surface area contributed by atoms with Crippen molar-refractivity contribution in [3.63, 3.8) is 0 Å². The lowest BCUT2D eigenvalue weighted by Gasteiger charge is -2.46. The van der Waals surface area contributed by atoms with Crippen LogP contribution in [0.15, 0.2) is 18.2 Å². The van der Waals surface area contributed by atoms with E-state index >= 15 is 0 Å². The van der Waals surface area contributed by atoms with E-state index in [2.05, 4.69) is 0 Å². The molecule has 6 heteroatoms. The van der Waals surface area contributed by atoms with E-state index in [1.807, 2.05) is 0 Å². The number of likely N-dealkylation sites (tertiary alicyclic amines) is 1. The smallest absolute Gasteiger partial charge is 0.253 e. The topological polar surface area (TPSA) is 59.0 Å². The summed E-state index contributed by atoms with van der Waals surface area (Å²) in [6.45, 7) is 1.86. The molecule has 3 rings (SSSR count). The van der Waals surface area contributed by atoms with E-state index in [1.54, 1.807) is 30.2 Å². The third-order valence-corrected chi connectivity index (χ3v) is 5.21. The van der Waals surface area contributed by atoms with E-state index in [4.69, 9.17) is 21.1 Å². The molecule has 1 spiro atoms. The quantitative estimate of drug-likeness (QED) is 0.899. The highest BCUT2D eigenvalue weighted by molar-refractivity contribution is 6.32. The number of hydrogen-bond donors (Lipinski definition) is 1. The summed E-state index contributed by atoms with van der Waals surface area (Å²) in [7, 11) is 1.54. The lowest BCUT2D eigenvalue weighted by atomic mass is 9.82. The molecule has 23 heavy (non-hydrogen) atoms. The van der Waals surface area contributed by atoms with Gasteiger partial charge in [-0.25, -0.2) is 0 Å². The third kappa shape index (κ3) is 3.18. The van der Waals surface area contributed by atoms with E-state index in [-0.39, 0.29) is 5.91 Å². The molecule has 2 saturated heterocycles. The minimum atomic E-state index is -0.466. The highest BCUT2D eigenvalue weighted by atomic mass is 35.5. The van der Waals surface area contributed by atoms with Crippen molar-refractivity contribution in [1.29, 1.82) is 0 Å². The number of aliphatic hydroxyl groups is 1. The maximum atomic E-state index is 12.6. The zero-order chi connectivity index (χ0) is 16.4. The number of hydrogen-bond acceptors (Lipinski definition) is 4. The average Bonchev–Trinajstić information content (AvgIpc) is 2.58. The maximum Gasteiger partial charge on any atom is 0.253 e. The van der Waals surface area contributed by atoms with Gasteiger partial charge in [0, 0.05) is 25.3 Å². The van der Waals surface area contributed by atoms with E-state index in [0.29, 0.717) is 48.9 Å². The first-order valence-corrected chi connectivity index (χ1v) is 8.38. The van der Waals surface area contributed by atoms with Crippen molar-refractivity contribution < 1.29 is 19.4 Å². The summed E-state index contributed by atoms with van der Waals surface area (Å²) in [6, 6.07) is 5.07. The fourth-order valence-corrected chi connectivity index (χ4v) is 3.72. The van der Waals surface area contributed by atoms with Gasteiger partial charge in [-0.3, -0.25) is 4.79 Å². The van der Waals surface area contributed by atoms with Gasteiger partial charge >= 0.3 is 0 Å². The maximum absolute atomic E-state index is 12.6. The number of ether oxygens (including phenoxy) is 2. The van der Waals surface area contributed by atoms with Gasteiger partial charge in [-0.2, -0.15) is 0 Å². The fraction of sp³-hybridized carbons (Fsp3) is 0.588. The standard InChI is InChI=1S/C17H22ClNO4/c1-22-14-5-4-12(11-13(14)18)16(21)19-8-6-17(7-9-19)15(20)3-2-10-23-17/h4-5,11,15,20H,2-3,6-10H2,1H3/t15-/m0/s1. The van der Waals surface area contributed by atoms with Crippen LogP contribution >= 0.6 is 11.6 Å². The van der Waals surface area contributed by atoms with Crippen LogP contribution < -0.4 is 4.74 Å². The van der Waals surface area contributed by atoms with Crippen LogP contribution in [0.5, 0.6) is 5.75 Å². The lowest BCUT2D eigenvalue weighted by Crippen LogP contribution is -2.56. The first-order chi connectivity index (χ1) is 11.1. The summed E-state index contributed by atoms with van der Waals surface area (Å²) in [5, 5.41) is 10.7. The first kappa shape index (κ1) is 16.6. The average molecular weight is 340 g/mol. The Hall–Kier alpha value is -1.30. The summed E-state index contributed by atoms with van der Waals surface area (Å²) in [6.07, 6.45) is 2.59. The zero-order valence-corrected chi connectivity index (χ0v) is 14.0.